The van der Waals surface area contributed by atoms with Gasteiger partial charge in [0.15, 0.2) is 0 Å². The lowest BCUT2D eigenvalue weighted by molar-refractivity contribution is -0.122. The van der Waals surface area contributed by atoms with Gasteiger partial charge in [0.1, 0.15) is 0 Å². The SMILES string of the molecule is CC1NCCCC1NC(=O)CN(C)S(=O)(=O)c1ccccc1. The fraction of sp³-hybridized carbons (Fsp3) is 0.533. The van der Waals surface area contributed by atoms with Crippen molar-refractivity contribution in [1.82, 2.24) is 14.9 Å². The Balaban J connectivity index is 1.96. The number of benzene rings is 1. The van der Waals surface area contributed by atoms with Crippen molar-refractivity contribution in [2.75, 3.05) is 20.1 Å². The van der Waals surface area contributed by atoms with Gasteiger partial charge in [0, 0.05) is 19.1 Å². The van der Waals surface area contributed by atoms with Gasteiger partial charge in [-0.2, -0.15) is 4.31 Å². The van der Waals surface area contributed by atoms with Crippen LogP contribution in [0, 0.1) is 0 Å². The van der Waals surface area contributed by atoms with Gasteiger partial charge in [-0.15, -0.1) is 0 Å². The summed E-state index contributed by atoms with van der Waals surface area (Å²) in [7, 11) is -2.21. The van der Waals surface area contributed by atoms with E-state index in [9.17, 15) is 13.2 Å². The Morgan fingerprint density at radius 3 is 2.68 bits per heavy atom. The van der Waals surface area contributed by atoms with E-state index in [4.69, 9.17) is 0 Å². The third-order valence-electron chi connectivity index (χ3n) is 3.93. The summed E-state index contributed by atoms with van der Waals surface area (Å²) in [6.45, 7) is 2.80. The summed E-state index contributed by atoms with van der Waals surface area (Å²) >= 11 is 0. The van der Waals surface area contributed by atoms with E-state index in [0.717, 1.165) is 23.7 Å². The molecule has 0 aromatic heterocycles. The van der Waals surface area contributed by atoms with Crippen molar-refractivity contribution in [2.45, 2.75) is 36.7 Å². The number of sulfonamides is 1. The molecule has 22 heavy (non-hydrogen) atoms. The lowest BCUT2D eigenvalue weighted by Crippen LogP contribution is -2.53. The zero-order chi connectivity index (χ0) is 16.2. The predicted molar refractivity (Wildman–Crippen MR) is 84.9 cm³/mol. The third-order valence-corrected chi connectivity index (χ3v) is 5.74. The van der Waals surface area contributed by atoms with Gasteiger partial charge in [0.2, 0.25) is 15.9 Å². The van der Waals surface area contributed by atoms with E-state index in [-0.39, 0.29) is 29.4 Å². The van der Waals surface area contributed by atoms with Gasteiger partial charge in [-0.25, -0.2) is 8.42 Å². The van der Waals surface area contributed by atoms with Gasteiger partial charge < -0.3 is 10.6 Å². The number of rotatable bonds is 5. The van der Waals surface area contributed by atoms with Crippen molar-refractivity contribution in [3.8, 4) is 0 Å². The molecule has 1 amide bonds. The van der Waals surface area contributed by atoms with E-state index in [2.05, 4.69) is 10.6 Å². The Morgan fingerprint density at radius 1 is 1.36 bits per heavy atom. The van der Waals surface area contributed by atoms with Crippen LogP contribution in [0.25, 0.3) is 0 Å². The molecule has 1 saturated heterocycles. The lowest BCUT2D eigenvalue weighted by atomic mass is 10.00. The molecule has 0 radical (unpaired) electrons. The number of carbonyl (C=O) groups is 1. The van der Waals surface area contributed by atoms with E-state index < -0.39 is 10.0 Å². The van der Waals surface area contributed by atoms with Crippen LogP contribution >= 0.6 is 0 Å². The first kappa shape index (κ1) is 16.9. The monoisotopic (exact) mass is 325 g/mol. The average Bonchev–Trinajstić information content (AvgIpc) is 2.50. The number of hydrogen-bond acceptors (Lipinski definition) is 4. The molecule has 1 aromatic rings. The largest absolute Gasteiger partial charge is 0.351 e. The molecular formula is C15H23N3O3S. The Bertz CT molecular complexity index is 604. The van der Waals surface area contributed by atoms with E-state index in [1.807, 2.05) is 6.92 Å². The molecule has 2 rings (SSSR count). The number of nitrogens with zero attached hydrogens (tertiary/aromatic N) is 1. The number of carbonyl (C=O) groups excluding carboxylic acids is 1. The van der Waals surface area contributed by atoms with Crippen LogP contribution in [0.3, 0.4) is 0 Å². The maximum atomic E-state index is 12.4. The van der Waals surface area contributed by atoms with E-state index in [1.54, 1.807) is 18.2 Å². The summed E-state index contributed by atoms with van der Waals surface area (Å²) in [5, 5.41) is 6.22. The molecule has 122 valence electrons. The highest BCUT2D eigenvalue weighted by atomic mass is 32.2. The molecule has 2 atom stereocenters. The molecule has 0 bridgehead atoms. The van der Waals surface area contributed by atoms with Gasteiger partial charge in [-0.3, -0.25) is 4.79 Å². The molecule has 1 aliphatic rings. The highest BCUT2D eigenvalue weighted by Gasteiger charge is 2.26. The van der Waals surface area contributed by atoms with Gasteiger partial charge in [-0.1, -0.05) is 18.2 Å². The molecule has 1 fully saturated rings. The van der Waals surface area contributed by atoms with Crippen LogP contribution in [0.4, 0.5) is 0 Å². The van der Waals surface area contributed by atoms with Crippen LogP contribution in [0.5, 0.6) is 0 Å². The van der Waals surface area contributed by atoms with Crippen LogP contribution in [0.2, 0.25) is 0 Å². The second-order valence-corrected chi connectivity index (χ2v) is 7.68. The number of nitrogens with one attached hydrogen (secondary N) is 2. The molecule has 0 spiro atoms. The fourth-order valence-corrected chi connectivity index (χ4v) is 3.70. The highest BCUT2D eigenvalue weighted by Crippen LogP contribution is 2.13. The first-order chi connectivity index (χ1) is 10.4. The molecule has 6 nitrogen and oxygen atoms in total. The first-order valence-electron chi connectivity index (χ1n) is 7.45. The molecule has 0 saturated carbocycles. The minimum atomic E-state index is -3.63. The van der Waals surface area contributed by atoms with Crippen molar-refractivity contribution in [3.05, 3.63) is 30.3 Å². The second-order valence-electron chi connectivity index (χ2n) is 5.63. The minimum absolute atomic E-state index is 0.0501. The van der Waals surface area contributed by atoms with Crippen molar-refractivity contribution in [2.24, 2.45) is 0 Å². The summed E-state index contributed by atoms with van der Waals surface area (Å²) in [4.78, 5) is 12.3. The molecule has 0 aliphatic carbocycles. The molecule has 2 N–H and O–H groups in total. The Morgan fingerprint density at radius 2 is 2.05 bits per heavy atom. The standard InChI is InChI=1S/C15H23N3O3S/c1-12-14(9-6-10-16-12)17-15(19)11-18(2)22(20,21)13-7-4-3-5-8-13/h3-5,7-8,12,14,16H,6,9-11H2,1-2H3,(H,17,19). The summed E-state index contributed by atoms with van der Waals surface area (Å²) in [6.07, 6.45) is 1.92. The maximum Gasteiger partial charge on any atom is 0.243 e. The van der Waals surface area contributed by atoms with Crippen LogP contribution in [-0.4, -0.2) is 50.9 Å². The van der Waals surface area contributed by atoms with Crippen LogP contribution in [0.1, 0.15) is 19.8 Å². The Hall–Kier alpha value is -1.44. The third kappa shape index (κ3) is 4.06. The minimum Gasteiger partial charge on any atom is -0.351 e. The zero-order valence-electron chi connectivity index (χ0n) is 13.0. The van der Waals surface area contributed by atoms with E-state index >= 15 is 0 Å². The summed E-state index contributed by atoms with van der Waals surface area (Å²) < 4.78 is 25.8. The smallest absolute Gasteiger partial charge is 0.243 e. The summed E-state index contributed by atoms with van der Waals surface area (Å²) in [5.41, 5.74) is 0. The first-order valence-corrected chi connectivity index (χ1v) is 8.89. The molecule has 2 unspecified atom stereocenters. The van der Waals surface area contributed by atoms with Crippen molar-refractivity contribution < 1.29 is 13.2 Å². The van der Waals surface area contributed by atoms with Gasteiger partial charge in [0.05, 0.1) is 11.4 Å². The molecular weight excluding hydrogens is 302 g/mol. The summed E-state index contributed by atoms with van der Waals surface area (Å²) in [6, 6.07) is 8.38. The molecule has 1 aromatic carbocycles. The van der Waals surface area contributed by atoms with Crippen LogP contribution < -0.4 is 10.6 Å². The molecule has 1 aliphatic heterocycles. The van der Waals surface area contributed by atoms with Crippen molar-refractivity contribution in [3.63, 3.8) is 0 Å². The summed E-state index contributed by atoms with van der Waals surface area (Å²) in [5.74, 6) is -0.275. The molecule has 7 heteroatoms. The van der Waals surface area contributed by atoms with E-state index in [1.165, 1.54) is 19.2 Å². The Kier molecular flexibility index (Phi) is 5.55. The number of hydrogen-bond donors (Lipinski definition) is 2. The number of piperidine rings is 1. The van der Waals surface area contributed by atoms with Crippen molar-refractivity contribution in [1.29, 1.82) is 0 Å². The topological polar surface area (TPSA) is 78.5 Å². The lowest BCUT2D eigenvalue weighted by Gasteiger charge is -2.31. The van der Waals surface area contributed by atoms with Gasteiger partial charge in [-0.05, 0) is 38.4 Å². The van der Waals surface area contributed by atoms with Gasteiger partial charge >= 0.3 is 0 Å². The maximum absolute atomic E-state index is 12.4. The zero-order valence-corrected chi connectivity index (χ0v) is 13.8. The highest BCUT2D eigenvalue weighted by molar-refractivity contribution is 7.89. The van der Waals surface area contributed by atoms with Gasteiger partial charge in [0.25, 0.3) is 0 Å². The molecule has 1 heterocycles. The number of likely N-dealkylation sites (N-methyl/N-ethyl adjacent to an activating group) is 1. The van der Waals surface area contributed by atoms with Crippen LogP contribution in [0.15, 0.2) is 35.2 Å². The van der Waals surface area contributed by atoms with Crippen molar-refractivity contribution >= 4 is 15.9 Å². The predicted octanol–water partition coefficient (Wildman–Crippen LogP) is 0.564. The average molecular weight is 325 g/mol. The quantitative estimate of drug-likeness (QED) is 0.829. The Labute approximate surface area is 131 Å². The fourth-order valence-electron chi connectivity index (χ4n) is 2.55. The van der Waals surface area contributed by atoms with Crippen LogP contribution in [-0.2, 0) is 14.8 Å². The second kappa shape index (κ2) is 7.21. The van der Waals surface area contributed by atoms with E-state index in [0.29, 0.717) is 0 Å². The normalized spacial score (nSPS) is 22.5. The number of amides is 1.